The van der Waals surface area contributed by atoms with Crippen LogP contribution in [0, 0.1) is 36.3 Å². The van der Waals surface area contributed by atoms with Gasteiger partial charge in [0.05, 0.1) is 5.56 Å². The van der Waals surface area contributed by atoms with Crippen LogP contribution in [0.25, 0.3) is 0 Å². The Labute approximate surface area is 135 Å². The molecule has 0 amide bonds. The Kier molecular flexibility index (Phi) is 4.45. The number of hydrogen-bond donors (Lipinski definition) is 0. The maximum Gasteiger partial charge on any atom is 0.279 e. The molecule has 0 radical (unpaired) electrons. The summed E-state index contributed by atoms with van der Waals surface area (Å²) in [5.41, 5.74) is -0.266. The molecule has 0 bridgehead atoms. The van der Waals surface area contributed by atoms with Gasteiger partial charge in [-0.1, -0.05) is 38.7 Å². The standard InChI is InChI=1S/C19H24F4/c1-3-4-12-5-7-13(8-6-12)15-10-14-9-11(2)17(20)18(21)16(14)19(15,22)23/h9,12-13,15H,3-8,10H2,1-2H3/t12?,13?,15-/m0/s1. The second-order valence-electron chi connectivity index (χ2n) is 7.36. The van der Waals surface area contributed by atoms with Gasteiger partial charge in [0.15, 0.2) is 11.6 Å². The van der Waals surface area contributed by atoms with E-state index < -0.39 is 29.0 Å². The number of hydrogen-bond acceptors (Lipinski definition) is 0. The van der Waals surface area contributed by atoms with Crippen molar-refractivity contribution in [1.82, 2.24) is 0 Å². The lowest BCUT2D eigenvalue weighted by Crippen LogP contribution is -2.31. The minimum atomic E-state index is -3.25. The van der Waals surface area contributed by atoms with Crippen LogP contribution in [0.15, 0.2) is 6.07 Å². The molecular formula is C19H24F4. The van der Waals surface area contributed by atoms with Crippen molar-refractivity contribution < 1.29 is 17.6 Å². The Morgan fingerprint density at radius 1 is 1.09 bits per heavy atom. The van der Waals surface area contributed by atoms with Crippen molar-refractivity contribution >= 4 is 0 Å². The number of fused-ring (bicyclic) bond motifs is 1. The summed E-state index contributed by atoms with van der Waals surface area (Å²) in [6.45, 7) is 3.58. The second-order valence-corrected chi connectivity index (χ2v) is 7.36. The monoisotopic (exact) mass is 328 g/mol. The fraction of sp³-hybridized carbons (Fsp3) is 0.684. The van der Waals surface area contributed by atoms with Gasteiger partial charge in [-0.25, -0.2) is 17.6 Å². The zero-order valence-electron chi connectivity index (χ0n) is 13.8. The molecule has 128 valence electrons. The van der Waals surface area contributed by atoms with Crippen LogP contribution >= 0.6 is 0 Å². The first-order valence-corrected chi connectivity index (χ1v) is 8.72. The summed E-state index contributed by atoms with van der Waals surface area (Å²) in [5, 5.41) is 0. The molecule has 23 heavy (non-hydrogen) atoms. The molecule has 1 atom stereocenters. The molecule has 0 N–H and O–H groups in total. The Morgan fingerprint density at radius 2 is 1.74 bits per heavy atom. The van der Waals surface area contributed by atoms with Crippen molar-refractivity contribution in [2.75, 3.05) is 0 Å². The smallest absolute Gasteiger partial charge is 0.203 e. The topological polar surface area (TPSA) is 0 Å². The molecule has 1 aromatic rings. The number of benzene rings is 1. The fourth-order valence-electron chi connectivity index (χ4n) is 4.64. The van der Waals surface area contributed by atoms with E-state index in [-0.39, 0.29) is 17.9 Å². The highest BCUT2D eigenvalue weighted by atomic mass is 19.3. The van der Waals surface area contributed by atoms with Crippen molar-refractivity contribution in [2.24, 2.45) is 17.8 Å². The van der Waals surface area contributed by atoms with E-state index in [0.29, 0.717) is 11.5 Å². The number of halogens is 4. The maximum atomic E-state index is 14.8. The molecule has 0 aromatic heterocycles. The molecule has 4 heteroatoms. The Hall–Kier alpha value is -1.06. The van der Waals surface area contributed by atoms with E-state index in [1.807, 2.05) is 0 Å². The van der Waals surface area contributed by atoms with E-state index in [2.05, 4.69) is 6.92 Å². The molecule has 0 aliphatic heterocycles. The largest absolute Gasteiger partial charge is 0.279 e. The van der Waals surface area contributed by atoms with Gasteiger partial charge in [-0.3, -0.25) is 0 Å². The molecule has 0 saturated heterocycles. The molecule has 0 unspecified atom stereocenters. The molecule has 3 rings (SSSR count). The molecular weight excluding hydrogens is 304 g/mol. The van der Waals surface area contributed by atoms with Crippen LogP contribution in [0.2, 0.25) is 0 Å². The van der Waals surface area contributed by atoms with Crippen LogP contribution in [-0.2, 0) is 12.3 Å². The summed E-state index contributed by atoms with van der Waals surface area (Å²) in [5.74, 6) is -6.05. The lowest BCUT2D eigenvalue weighted by atomic mass is 9.73. The summed E-state index contributed by atoms with van der Waals surface area (Å²) in [6.07, 6.45) is 5.99. The lowest BCUT2D eigenvalue weighted by molar-refractivity contribution is -0.0843. The summed E-state index contributed by atoms with van der Waals surface area (Å²) < 4.78 is 57.4. The summed E-state index contributed by atoms with van der Waals surface area (Å²) in [4.78, 5) is 0. The average Bonchev–Trinajstić information content (AvgIpc) is 2.77. The average molecular weight is 328 g/mol. The van der Waals surface area contributed by atoms with Crippen LogP contribution in [0.4, 0.5) is 17.6 Å². The number of alkyl halides is 2. The summed E-state index contributed by atoms with van der Waals surface area (Å²) in [7, 11) is 0. The fourth-order valence-corrected chi connectivity index (χ4v) is 4.64. The van der Waals surface area contributed by atoms with Gasteiger partial charge < -0.3 is 0 Å². The van der Waals surface area contributed by atoms with Crippen molar-refractivity contribution in [3.63, 3.8) is 0 Å². The van der Waals surface area contributed by atoms with Crippen LogP contribution in [-0.4, -0.2) is 0 Å². The van der Waals surface area contributed by atoms with Gasteiger partial charge in [0, 0.05) is 5.92 Å². The molecule has 2 aliphatic rings. The van der Waals surface area contributed by atoms with E-state index in [9.17, 15) is 17.6 Å². The zero-order chi connectivity index (χ0) is 16.8. The van der Waals surface area contributed by atoms with Gasteiger partial charge in [0.1, 0.15) is 0 Å². The number of rotatable bonds is 3. The van der Waals surface area contributed by atoms with Gasteiger partial charge >= 0.3 is 0 Å². The van der Waals surface area contributed by atoms with E-state index in [0.717, 1.165) is 38.5 Å². The van der Waals surface area contributed by atoms with E-state index in [1.54, 1.807) is 0 Å². The van der Waals surface area contributed by atoms with Gasteiger partial charge in [-0.2, -0.15) is 0 Å². The third kappa shape index (κ3) is 2.78. The molecule has 0 nitrogen and oxygen atoms in total. The Balaban J connectivity index is 1.83. The lowest BCUT2D eigenvalue weighted by Gasteiger charge is -2.34. The first-order chi connectivity index (χ1) is 10.9. The normalized spacial score (nSPS) is 29.6. The third-order valence-corrected chi connectivity index (χ3v) is 5.87. The van der Waals surface area contributed by atoms with E-state index in [4.69, 9.17) is 0 Å². The number of aryl methyl sites for hydroxylation is 1. The third-order valence-electron chi connectivity index (χ3n) is 5.87. The van der Waals surface area contributed by atoms with Gasteiger partial charge in [0.2, 0.25) is 0 Å². The van der Waals surface area contributed by atoms with Crippen molar-refractivity contribution in [2.45, 2.75) is 64.7 Å². The quantitative estimate of drug-likeness (QED) is 0.584. The molecule has 0 heterocycles. The SMILES string of the molecule is CCCC1CCC([C@@H]2Cc3cc(C)c(F)c(F)c3C2(F)F)CC1. The molecule has 1 saturated carbocycles. The predicted octanol–water partition coefficient (Wildman–Crippen LogP) is 6.14. The van der Waals surface area contributed by atoms with Crippen LogP contribution in [0.5, 0.6) is 0 Å². The maximum absolute atomic E-state index is 14.8. The van der Waals surface area contributed by atoms with Crippen LogP contribution in [0.3, 0.4) is 0 Å². The second kappa shape index (κ2) is 6.10. The van der Waals surface area contributed by atoms with Crippen molar-refractivity contribution in [3.8, 4) is 0 Å². The Morgan fingerprint density at radius 3 is 2.35 bits per heavy atom. The van der Waals surface area contributed by atoms with Gasteiger partial charge in [-0.05, 0) is 49.1 Å². The molecule has 0 spiro atoms. The molecule has 2 aliphatic carbocycles. The zero-order valence-corrected chi connectivity index (χ0v) is 13.8. The van der Waals surface area contributed by atoms with Gasteiger partial charge in [0.25, 0.3) is 5.92 Å². The summed E-state index contributed by atoms with van der Waals surface area (Å²) >= 11 is 0. The van der Waals surface area contributed by atoms with Crippen molar-refractivity contribution in [3.05, 3.63) is 34.4 Å². The first kappa shape index (κ1) is 16.8. The van der Waals surface area contributed by atoms with Crippen molar-refractivity contribution in [1.29, 1.82) is 0 Å². The summed E-state index contributed by atoms with van der Waals surface area (Å²) in [6, 6.07) is 1.41. The van der Waals surface area contributed by atoms with Crippen LogP contribution < -0.4 is 0 Å². The molecule has 1 aromatic carbocycles. The highest BCUT2D eigenvalue weighted by Gasteiger charge is 2.54. The first-order valence-electron chi connectivity index (χ1n) is 8.72. The molecule has 1 fully saturated rings. The minimum Gasteiger partial charge on any atom is -0.203 e. The minimum absolute atomic E-state index is 0.0896. The highest BCUT2D eigenvalue weighted by Crippen LogP contribution is 2.53. The van der Waals surface area contributed by atoms with E-state index >= 15 is 0 Å². The Bertz CT molecular complexity index is 586. The van der Waals surface area contributed by atoms with Crippen LogP contribution in [0.1, 0.15) is 62.1 Å². The van der Waals surface area contributed by atoms with Gasteiger partial charge in [-0.15, -0.1) is 0 Å². The predicted molar refractivity (Wildman–Crippen MR) is 82.5 cm³/mol. The van der Waals surface area contributed by atoms with E-state index in [1.165, 1.54) is 13.0 Å². The highest BCUT2D eigenvalue weighted by molar-refractivity contribution is 5.42.